The van der Waals surface area contributed by atoms with Crippen LogP contribution in [0.5, 0.6) is 0 Å². The molecule has 0 aliphatic carbocycles. The Kier molecular flexibility index (Phi) is 3.23. The van der Waals surface area contributed by atoms with Crippen LogP contribution in [-0.4, -0.2) is 24.0 Å². The summed E-state index contributed by atoms with van der Waals surface area (Å²) >= 11 is 0. The molecular weight excluding hydrogens is 232 g/mol. The van der Waals surface area contributed by atoms with Gasteiger partial charge in [0, 0.05) is 11.1 Å². The van der Waals surface area contributed by atoms with Gasteiger partial charge in [-0.3, -0.25) is 9.98 Å². The van der Waals surface area contributed by atoms with Crippen LogP contribution in [0.15, 0.2) is 70.6 Å². The van der Waals surface area contributed by atoms with Crippen molar-refractivity contribution in [3.05, 3.63) is 71.8 Å². The van der Waals surface area contributed by atoms with E-state index in [1.165, 1.54) is 0 Å². The maximum Gasteiger partial charge on any atom is 0.0908 e. The molecule has 2 aromatic rings. The van der Waals surface area contributed by atoms with Gasteiger partial charge in [0.25, 0.3) is 0 Å². The maximum absolute atomic E-state index is 4.80. The van der Waals surface area contributed by atoms with E-state index in [9.17, 15) is 0 Å². The minimum absolute atomic E-state index is 0.252. The SMILES string of the molecule is C[C@@H]1CN=C(c2ccccc2)C(c2ccccc2)=N1. The number of nitrogens with zero attached hydrogens (tertiary/aromatic N) is 2. The van der Waals surface area contributed by atoms with Crippen molar-refractivity contribution in [2.75, 3.05) is 6.54 Å². The predicted octanol–water partition coefficient (Wildman–Crippen LogP) is 3.37. The van der Waals surface area contributed by atoms with Crippen LogP contribution >= 0.6 is 0 Å². The molecule has 2 heteroatoms. The molecule has 0 spiro atoms. The zero-order valence-electron chi connectivity index (χ0n) is 11.0. The quantitative estimate of drug-likeness (QED) is 0.778. The first-order valence-electron chi connectivity index (χ1n) is 6.58. The highest BCUT2D eigenvalue weighted by molar-refractivity contribution is 6.53. The first-order chi connectivity index (χ1) is 9.34. The summed E-state index contributed by atoms with van der Waals surface area (Å²) in [5, 5.41) is 0. The molecule has 0 unspecified atom stereocenters. The number of benzene rings is 2. The van der Waals surface area contributed by atoms with E-state index in [2.05, 4.69) is 31.2 Å². The molecule has 0 fully saturated rings. The molecule has 0 radical (unpaired) electrons. The summed E-state index contributed by atoms with van der Waals surface area (Å²) in [7, 11) is 0. The molecule has 1 heterocycles. The van der Waals surface area contributed by atoms with Crippen LogP contribution in [-0.2, 0) is 0 Å². The summed E-state index contributed by atoms with van der Waals surface area (Å²) in [6.45, 7) is 2.87. The Labute approximate surface area is 113 Å². The van der Waals surface area contributed by atoms with E-state index in [1.807, 2.05) is 36.4 Å². The van der Waals surface area contributed by atoms with E-state index in [-0.39, 0.29) is 6.04 Å². The topological polar surface area (TPSA) is 24.7 Å². The molecule has 0 bridgehead atoms. The Hall–Kier alpha value is -2.22. The van der Waals surface area contributed by atoms with E-state index in [0.29, 0.717) is 0 Å². The van der Waals surface area contributed by atoms with E-state index in [0.717, 1.165) is 29.1 Å². The average Bonchev–Trinajstić information content (AvgIpc) is 2.49. The second-order valence-electron chi connectivity index (χ2n) is 4.75. The minimum Gasteiger partial charge on any atom is -0.280 e. The van der Waals surface area contributed by atoms with E-state index < -0.39 is 0 Å². The minimum atomic E-state index is 0.252. The van der Waals surface area contributed by atoms with Gasteiger partial charge < -0.3 is 0 Å². The molecule has 0 saturated heterocycles. The highest BCUT2D eigenvalue weighted by Crippen LogP contribution is 2.15. The lowest BCUT2D eigenvalue weighted by molar-refractivity contribution is 0.750. The molecule has 0 N–H and O–H groups in total. The highest BCUT2D eigenvalue weighted by atomic mass is 14.9. The molecule has 19 heavy (non-hydrogen) atoms. The van der Waals surface area contributed by atoms with Gasteiger partial charge in [-0.15, -0.1) is 0 Å². The van der Waals surface area contributed by atoms with Gasteiger partial charge in [0.1, 0.15) is 0 Å². The van der Waals surface area contributed by atoms with Crippen molar-refractivity contribution in [1.82, 2.24) is 0 Å². The van der Waals surface area contributed by atoms with Crippen LogP contribution in [0, 0.1) is 0 Å². The normalized spacial score (nSPS) is 18.7. The third kappa shape index (κ3) is 2.48. The molecule has 94 valence electrons. The van der Waals surface area contributed by atoms with Crippen LogP contribution in [0.3, 0.4) is 0 Å². The lowest BCUT2D eigenvalue weighted by Gasteiger charge is -2.18. The Bertz CT molecular complexity index is 612. The van der Waals surface area contributed by atoms with Gasteiger partial charge in [-0.05, 0) is 6.92 Å². The zero-order valence-corrected chi connectivity index (χ0v) is 11.0. The molecule has 1 aliphatic rings. The second-order valence-corrected chi connectivity index (χ2v) is 4.75. The fourth-order valence-electron chi connectivity index (χ4n) is 2.25. The van der Waals surface area contributed by atoms with Crippen LogP contribution in [0.2, 0.25) is 0 Å². The third-order valence-corrected chi connectivity index (χ3v) is 3.18. The van der Waals surface area contributed by atoms with E-state index in [4.69, 9.17) is 9.98 Å². The molecule has 2 aromatic carbocycles. The number of hydrogen-bond donors (Lipinski definition) is 0. The molecule has 1 aliphatic heterocycles. The fraction of sp³-hybridized carbons (Fsp3) is 0.176. The van der Waals surface area contributed by atoms with E-state index >= 15 is 0 Å². The van der Waals surface area contributed by atoms with Crippen LogP contribution < -0.4 is 0 Å². The highest BCUT2D eigenvalue weighted by Gasteiger charge is 2.18. The van der Waals surface area contributed by atoms with Crippen molar-refractivity contribution < 1.29 is 0 Å². The van der Waals surface area contributed by atoms with Gasteiger partial charge in [0.05, 0.1) is 24.0 Å². The largest absolute Gasteiger partial charge is 0.280 e. The van der Waals surface area contributed by atoms with Crippen molar-refractivity contribution in [3.8, 4) is 0 Å². The molecular formula is C17H16N2. The second kappa shape index (κ2) is 5.19. The monoisotopic (exact) mass is 248 g/mol. The Balaban J connectivity index is 2.07. The number of aliphatic imine (C=N–C) groups is 2. The number of rotatable bonds is 2. The van der Waals surface area contributed by atoms with Gasteiger partial charge in [-0.1, -0.05) is 60.7 Å². The van der Waals surface area contributed by atoms with Crippen molar-refractivity contribution in [1.29, 1.82) is 0 Å². The Morgan fingerprint density at radius 3 is 1.89 bits per heavy atom. The van der Waals surface area contributed by atoms with Crippen LogP contribution in [0.4, 0.5) is 0 Å². The summed E-state index contributed by atoms with van der Waals surface area (Å²) in [5.41, 5.74) is 4.28. The molecule has 2 nitrogen and oxygen atoms in total. The van der Waals surface area contributed by atoms with Gasteiger partial charge >= 0.3 is 0 Å². The first-order valence-corrected chi connectivity index (χ1v) is 6.58. The van der Waals surface area contributed by atoms with Crippen molar-refractivity contribution >= 4 is 11.4 Å². The standard InChI is InChI=1S/C17H16N2/c1-13-12-18-16(14-8-4-2-5-9-14)17(19-13)15-10-6-3-7-11-15/h2-11,13H,12H2,1H3/t13-/m1/s1. The summed E-state index contributed by atoms with van der Waals surface area (Å²) in [4.78, 5) is 9.52. The summed E-state index contributed by atoms with van der Waals surface area (Å²) in [6.07, 6.45) is 0. The van der Waals surface area contributed by atoms with Crippen LogP contribution in [0.25, 0.3) is 0 Å². The van der Waals surface area contributed by atoms with Crippen molar-refractivity contribution in [2.45, 2.75) is 13.0 Å². The van der Waals surface area contributed by atoms with E-state index in [1.54, 1.807) is 0 Å². The lowest BCUT2D eigenvalue weighted by Crippen LogP contribution is -2.26. The fourth-order valence-corrected chi connectivity index (χ4v) is 2.25. The molecule has 0 amide bonds. The molecule has 0 aromatic heterocycles. The van der Waals surface area contributed by atoms with Gasteiger partial charge in [0.15, 0.2) is 0 Å². The predicted molar refractivity (Wildman–Crippen MR) is 80.3 cm³/mol. The summed E-state index contributed by atoms with van der Waals surface area (Å²) in [6, 6.07) is 20.8. The third-order valence-electron chi connectivity index (χ3n) is 3.18. The first kappa shape index (κ1) is 11.8. The molecule has 0 saturated carbocycles. The average molecular weight is 248 g/mol. The summed E-state index contributed by atoms with van der Waals surface area (Å²) < 4.78 is 0. The van der Waals surface area contributed by atoms with Gasteiger partial charge in [-0.25, -0.2) is 0 Å². The Morgan fingerprint density at radius 2 is 1.32 bits per heavy atom. The molecule has 1 atom stereocenters. The lowest BCUT2D eigenvalue weighted by atomic mass is 9.98. The zero-order chi connectivity index (χ0) is 13.1. The van der Waals surface area contributed by atoms with Crippen molar-refractivity contribution in [2.24, 2.45) is 9.98 Å². The molecule has 3 rings (SSSR count). The van der Waals surface area contributed by atoms with Crippen molar-refractivity contribution in [3.63, 3.8) is 0 Å². The Morgan fingerprint density at radius 1 is 0.789 bits per heavy atom. The van der Waals surface area contributed by atoms with Gasteiger partial charge in [-0.2, -0.15) is 0 Å². The maximum atomic E-state index is 4.80. The summed E-state index contributed by atoms with van der Waals surface area (Å²) in [5.74, 6) is 0. The van der Waals surface area contributed by atoms with Crippen LogP contribution in [0.1, 0.15) is 18.1 Å². The number of hydrogen-bond acceptors (Lipinski definition) is 2. The smallest absolute Gasteiger partial charge is 0.0908 e. The van der Waals surface area contributed by atoms with Gasteiger partial charge in [0.2, 0.25) is 0 Å².